The standard InChI is InChI=1S/C16H15ClN6O2/c1-9(24)14-12(7-13(17)20-21-14)19-11-6-4-5-10(15(11)25-3)16-18-8-23(2)22-16/h4-8H,1-3H3,(H,19,20)/i2D3. The van der Waals surface area contributed by atoms with Gasteiger partial charge in [-0.25, -0.2) is 4.98 Å². The zero-order chi connectivity index (χ0) is 20.5. The molecule has 0 bridgehead atoms. The highest BCUT2D eigenvalue weighted by molar-refractivity contribution is 6.29. The molecule has 2 aromatic heterocycles. The largest absolute Gasteiger partial charge is 0.494 e. The van der Waals surface area contributed by atoms with Crippen molar-refractivity contribution < 1.29 is 13.6 Å². The number of ketones is 1. The van der Waals surface area contributed by atoms with Crippen LogP contribution in [0, 0.1) is 0 Å². The zero-order valence-corrected chi connectivity index (χ0v) is 14.1. The van der Waals surface area contributed by atoms with Crippen molar-refractivity contribution in [3.8, 4) is 17.1 Å². The van der Waals surface area contributed by atoms with Crippen LogP contribution in [0.25, 0.3) is 11.4 Å². The van der Waals surface area contributed by atoms with Crippen LogP contribution in [0.4, 0.5) is 11.4 Å². The molecule has 128 valence electrons. The normalized spacial score (nSPS) is 12.8. The molecule has 8 nitrogen and oxygen atoms in total. The van der Waals surface area contributed by atoms with Crippen LogP contribution in [-0.4, -0.2) is 37.9 Å². The second-order valence-electron chi connectivity index (χ2n) is 5.01. The molecule has 0 saturated carbocycles. The first-order chi connectivity index (χ1) is 13.2. The molecule has 0 saturated heterocycles. The van der Waals surface area contributed by atoms with Crippen LogP contribution in [0.15, 0.2) is 30.6 Å². The van der Waals surface area contributed by atoms with E-state index in [1.165, 1.54) is 20.1 Å². The average molecular weight is 362 g/mol. The third-order valence-electron chi connectivity index (χ3n) is 3.32. The van der Waals surface area contributed by atoms with Gasteiger partial charge in [0.15, 0.2) is 28.2 Å². The number of rotatable bonds is 5. The molecular weight excluding hydrogens is 344 g/mol. The van der Waals surface area contributed by atoms with Crippen molar-refractivity contribution in [1.82, 2.24) is 25.0 Å². The summed E-state index contributed by atoms with van der Waals surface area (Å²) >= 11 is 5.90. The summed E-state index contributed by atoms with van der Waals surface area (Å²) in [6.45, 7) is -1.08. The molecule has 9 heteroatoms. The molecule has 0 aliphatic rings. The van der Waals surface area contributed by atoms with Crippen molar-refractivity contribution in [2.24, 2.45) is 6.98 Å². The van der Waals surface area contributed by atoms with Crippen molar-refractivity contribution in [3.05, 3.63) is 41.4 Å². The molecule has 2 heterocycles. The van der Waals surface area contributed by atoms with E-state index in [4.69, 9.17) is 20.5 Å². The van der Waals surface area contributed by atoms with E-state index in [1.807, 2.05) is 0 Å². The second-order valence-corrected chi connectivity index (χ2v) is 5.40. The molecule has 1 N–H and O–H groups in total. The Morgan fingerprint density at radius 2 is 2.20 bits per heavy atom. The Bertz CT molecular complexity index is 1040. The number of hydrogen-bond donors (Lipinski definition) is 1. The number of Topliss-reactive ketones (excluding diaryl/α,β-unsaturated/α-hetero) is 1. The number of benzene rings is 1. The molecule has 3 rings (SSSR count). The lowest BCUT2D eigenvalue weighted by molar-refractivity contribution is 0.101. The topological polar surface area (TPSA) is 94.8 Å². The first-order valence-corrected chi connectivity index (χ1v) is 7.49. The van der Waals surface area contributed by atoms with Gasteiger partial charge in [0, 0.05) is 24.1 Å². The van der Waals surface area contributed by atoms with Gasteiger partial charge in [-0.05, 0) is 12.1 Å². The van der Waals surface area contributed by atoms with Crippen molar-refractivity contribution in [2.75, 3.05) is 12.4 Å². The van der Waals surface area contributed by atoms with Crippen LogP contribution in [0.1, 0.15) is 21.5 Å². The van der Waals surface area contributed by atoms with Gasteiger partial charge in [0.2, 0.25) is 0 Å². The average Bonchev–Trinajstić information content (AvgIpc) is 3.11. The Labute approximate surface area is 153 Å². The van der Waals surface area contributed by atoms with Gasteiger partial charge in [-0.3, -0.25) is 9.48 Å². The Balaban J connectivity index is 2.06. The van der Waals surface area contributed by atoms with Crippen LogP contribution in [0.2, 0.25) is 5.15 Å². The summed E-state index contributed by atoms with van der Waals surface area (Å²) in [5, 5.41) is 14.7. The van der Waals surface area contributed by atoms with Gasteiger partial charge in [0.05, 0.1) is 24.0 Å². The summed E-state index contributed by atoms with van der Waals surface area (Å²) in [5.74, 6) is 0.238. The molecular formula is C16H15ClN6O2. The van der Waals surface area contributed by atoms with E-state index in [9.17, 15) is 4.79 Å². The lowest BCUT2D eigenvalue weighted by atomic mass is 10.1. The van der Waals surface area contributed by atoms with E-state index in [-0.39, 0.29) is 22.5 Å². The van der Waals surface area contributed by atoms with Crippen molar-refractivity contribution >= 4 is 28.8 Å². The minimum atomic E-state index is -2.44. The molecule has 0 aliphatic carbocycles. The van der Waals surface area contributed by atoms with Crippen LogP contribution >= 0.6 is 11.6 Å². The number of ether oxygens (including phenoxy) is 1. The summed E-state index contributed by atoms with van der Waals surface area (Å²) in [4.78, 5) is 15.9. The number of carbonyl (C=O) groups excluding carboxylic acids is 1. The summed E-state index contributed by atoms with van der Waals surface area (Å²) < 4.78 is 28.5. The van der Waals surface area contributed by atoms with E-state index in [0.717, 1.165) is 11.0 Å². The fraction of sp³-hybridized carbons (Fsp3) is 0.188. The number of halogens is 1. The predicted octanol–water partition coefficient (Wildman–Crippen LogP) is 2.88. The Morgan fingerprint density at radius 1 is 1.36 bits per heavy atom. The van der Waals surface area contributed by atoms with E-state index >= 15 is 0 Å². The highest BCUT2D eigenvalue weighted by Crippen LogP contribution is 2.37. The number of nitrogens with zero attached hydrogens (tertiary/aromatic N) is 5. The lowest BCUT2D eigenvalue weighted by Gasteiger charge is -2.15. The number of hydrogen-bond acceptors (Lipinski definition) is 7. The van der Waals surface area contributed by atoms with E-state index < -0.39 is 6.98 Å². The molecule has 1 aromatic carbocycles. The molecule has 0 aliphatic heterocycles. The maximum atomic E-state index is 11.8. The first kappa shape index (κ1) is 13.3. The molecule has 3 aromatic rings. The number of methoxy groups -OCH3 is 1. The minimum Gasteiger partial charge on any atom is -0.494 e. The van der Waals surface area contributed by atoms with Crippen LogP contribution in [0.5, 0.6) is 5.75 Å². The van der Waals surface area contributed by atoms with Crippen molar-refractivity contribution in [3.63, 3.8) is 0 Å². The van der Waals surface area contributed by atoms with Crippen molar-refractivity contribution in [2.45, 2.75) is 6.92 Å². The quantitative estimate of drug-likeness (QED) is 0.698. The highest BCUT2D eigenvalue weighted by Gasteiger charge is 2.17. The fourth-order valence-electron chi connectivity index (χ4n) is 2.29. The lowest BCUT2D eigenvalue weighted by Crippen LogP contribution is -2.06. The minimum absolute atomic E-state index is 0.112. The van der Waals surface area contributed by atoms with Gasteiger partial charge in [-0.1, -0.05) is 17.7 Å². The third kappa shape index (κ3) is 3.43. The summed E-state index contributed by atoms with van der Waals surface area (Å²) in [5.41, 5.74) is 1.41. The predicted molar refractivity (Wildman–Crippen MR) is 93.3 cm³/mol. The maximum Gasteiger partial charge on any atom is 0.184 e. The molecule has 25 heavy (non-hydrogen) atoms. The van der Waals surface area contributed by atoms with Crippen LogP contribution in [0.3, 0.4) is 0 Å². The first-order valence-electron chi connectivity index (χ1n) is 8.61. The van der Waals surface area contributed by atoms with E-state index in [0.29, 0.717) is 22.7 Å². The number of aryl methyl sites for hydroxylation is 1. The maximum absolute atomic E-state index is 11.8. The smallest absolute Gasteiger partial charge is 0.184 e. The van der Waals surface area contributed by atoms with E-state index in [2.05, 4.69) is 25.6 Å². The van der Waals surface area contributed by atoms with E-state index in [1.54, 1.807) is 18.2 Å². The van der Waals surface area contributed by atoms with Gasteiger partial charge < -0.3 is 10.1 Å². The summed E-state index contributed by atoms with van der Waals surface area (Å²) in [6.07, 6.45) is 1.13. The van der Waals surface area contributed by atoms with Gasteiger partial charge in [-0.15, -0.1) is 10.2 Å². The molecule has 0 unspecified atom stereocenters. The number of nitrogens with one attached hydrogen (secondary N) is 1. The van der Waals surface area contributed by atoms with Gasteiger partial charge in [-0.2, -0.15) is 5.10 Å². The third-order valence-corrected chi connectivity index (χ3v) is 3.50. The number of carbonyl (C=O) groups is 1. The summed E-state index contributed by atoms with van der Waals surface area (Å²) in [6, 6.07) is 6.58. The molecule has 0 radical (unpaired) electrons. The monoisotopic (exact) mass is 361 g/mol. The number of aromatic nitrogens is 5. The second kappa shape index (κ2) is 6.86. The SMILES string of the molecule is [2H]C([2H])([2H])n1cnc(-c2cccc(Nc3cc(Cl)nnc3C(C)=O)c2OC)n1. The Kier molecular flexibility index (Phi) is 3.65. The fourth-order valence-corrected chi connectivity index (χ4v) is 2.43. The molecule has 0 amide bonds. The molecule has 0 spiro atoms. The summed E-state index contributed by atoms with van der Waals surface area (Å²) in [7, 11) is 1.45. The van der Waals surface area contributed by atoms with Gasteiger partial charge in [0.25, 0.3) is 0 Å². The van der Waals surface area contributed by atoms with Crippen LogP contribution < -0.4 is 10.1 Å². The highest BCUT2D eigenvalue weighted by atomic mass is 35.5. The van der Waals surface area contributed by atoms with Gasteiger partial charge in [0.1, 0.15) is 6.33 Å². The van der Waals surface area contributed by atoms with Gasteiger partial charge >= 0.3 is 0 Å². The zero-order valence-electron chi connectivity index (χ0n) is 16.3. The Hall–Kier alpha value is -3.00. The van der Waals surface area contributed by atoms with Crippen molar-refractivity contribution in [1.29, 1.82) is 0 Å². The number of para-hydroxylation sites is 1. The molecule has 0 atom stereocenters. The van der Waals surface area contributed by atoms with Crippen LogP contribution in [-0.2, 0) is 6.98 Å². The number of anilines is 2. The molecule has 0 fully saturated rings. The Morgan fingerprint density at radius 3 is 2.88 bits per heavy atom.